The first-order valence-electron chi connectivity index (χ1n) is 6.01. The Morgan fingerprint density at radius 1 is 1.44 bits per heavy atom. The van der Waals surface area contributed by atoms with Crippen molar-refractivity contribution in [1.82, 2.24) is 5.32 Å². The van der Waals surface area contributed by atoms with Gasteiger partial charge in [0.2, 0.25) is 0 Å². The highest BCUT2D eigenvalue weighted by Gasteiger charge is 2.15. The molecule has 18 heavy (non-hydrogen) atoms. The van der Waals surface area contributed by atoms with Crippen LogP contribution in [0.5, 0.6) is 5.75 Å². The van der Waals surface area contributed by atoms with E-state index in [9.17, 15) is 9.90 Å². The van der Waals surface area contributed by atoms with Crippen LogP contribution < -0.4 is 5.32 Å². The SMILES string of the molecule is O=C(NCC1CCSCC1)c1ccc(O)c(Cl)c1. The van der Waals surface area contributed by atoms with Crippen LogP contribution in [0.15, 0.2) is 18.2 Å². The second kappa shape index (κ2) is 6.34. The van der Waals surface area contributed by atoms with Crippen molar-refractivity contribution in [2.45, 2.75) is 12.8 Å². The number of benzene rings is 1. The molecule has 1 saturated heterocycles. The maximum Gasteiger partial charge on any atom is 0.251 e. The van der Waals surface area contributed by atoms with Crippen LogP contribution in [0.25, 0.3) is 0 Å². The number of nitrogens with one attached hydrogen (secondary N) is 1. The molecule has 0 unspecified atom stereocenters. The lowest BCUT2D eigenvalue weighted by Gasteiger charge is -2.21. The van der Waals surface area contributed by atoms with E-state index in [-0.39, 0.29) is 16.7 Å². The highest BCUT2D eigenvalue weighted by Crippen LogP contribution is 2.24. The number of phenolic OH excluding ortho intramolecular Hbond substituents is 1. The van der Waals surface area contributed by atoms with Crippen LogP contribution in [0.3, 0.4) is 0 Å². The van der Waals surface area contributed by atoms with Gasteiger partial charge in [0, 0.05) is 12.1 Å². The summed E-state index contributed by atoms with van der Waals surface area (Å²) < 4.78 is 0. The molecule has 3 nitrogen and oxygen atoms in total. The maximum atomic E-state index is 11.9. The minimum Gasteiger partial charge on any atom is -0.506 e. The predicted octanol–water partition coefficient (Wildman–Crippen LogP) is 2.92. The van der Waals surface area contributed by atoms with Crippen LogP contribution >= 0.6 is 23.4 Å². The predicted molar refractivity (Wildman–Crippen MR) is 75.5 cm³/mol. The van der Waals surface area contributed by atoms with E-state index in [1.807, 2.05) is 11.8 Å². The number of phenols is 1. The zero-order valence-corrected chi connectivity index (χ0v) is 11.6. The largest absolute Gasteiger partial charge is 0.506 e. The Kier molecular flexibility index (Phi) is 4.78. The van der Waals surface area contributed by atoms with Crippen molar-refractivity contribution in [1.29, 1.82) is 0 Å². The molecule has 1 aromatic carbocycles. The molecule has 1 aromatic rings. The fraction of sp³-hybridized carbons (Fsp3) is 0.462. The summed E-state index contributed by atoms with van der Waals surface area (Å²) in [5.74, 6) is 2.83. The first-order valence-corrected chi connectivity index (χ1v) is 7.54. The molecule has 2 rings (SSSR count). The van der Waals surface area contributed by atoms with Crippen molar-refractivity contribution < 1.29 is 9.90 Å². The molecule has 1 amide bonds. The van der Waals surface area contributed by atoms with Crippen LogP contribution in [-0.2, 0) is 0 Å². The van der Waals surface area contributed by atoms with Crippen LogP contribution in [-0.4, -0.2) is 29.1 Å². The minimum absolute atomic E-state index is 0.00229. The van der Waals surface area contributed by atoms with E-state index in [4.69, 9.17) is 11.6 Å². The van der Waals surface area contributed by atoms with Gasteiger partial charge in [0.1, 0.15) is 5.75 Å². The fourth-order valence-electron chi connectivity index (χ4n) is 1.94. The van der Waals surface area contributed by atoms with E-state index >= 15 is 0 Å². The van der Waals surface area contributed by atoms with Gasteiger partial charge in [0.15, 0.2) is 0 Å². The van der Waals surface area contributed by atoms with Gasteiger partial charge in [-0.1, -0.05) is 11.6 Å². The van der Waals surface area contributed by atoms with E-state index < -0.39 is 0 Å². The Morgan fingerprint density at radius 2 is 2.17 bits per heavy atom. The van der Waals surface area contributed by atoms with Gasteiger partial charge in [-0.05, 0) is 48.5 Å². The fourth-order valence-corrected chi connectivity index (χ4v) is 3.32. The van der Waals surface area contributed by atoms with E-state index in [0.717, 1.165) is 6.54 Å². The lowest BCUT2D eigenvalue weighted by molar-refractivity contribution is 0.0946. The van der Waals surface area contributed by atoms with Crippen molar-refractivity contribution in [3.8, 4) is 5.75 Å². The van der Waals surface area contributed by atoms with Gasteiger partial charge in [-0.25, -0.2) is 0 Å². The third-order valence-electron chi connectivity index (χ3n) is 3.10. The van der Waals surface area contributed by atoms with Gasteiger partial charge in [-0.15, -0.1) is 0 Å². The number of amides is 1. The number of carbonyl (C=O) groups is 1. The monoisotopic (exact) mass is 285 g/mol. The summed E-state index contributed by atoms with van der Waals surface area (Å²) in [5.41, 5.74) is 0.489. The number of aromatic hydroxyl groups is 1. The number of carbonyl (C=O) groups excluding carboxylic acids is 1. The first-order chi connectivity index (χ1) is 8.66. The van der Waals surface area contributed by atoms with Gasteiger partial charge in [0.25, 0.3) is 5.91 Å². The Bertz CT molecular complexity index is 433. The van der Waals surface area contributed by atoms with Crippen molar-refractivity contribution in [3.05, 3.63) is 28.8 Å². The molecule has 98 valence electrons. The summed E-state index contributed by atoms with van der Waals surface area (Å²) in [7, 11) is 0. The molecule has 0 atom stereocenters. The molecule has 0 radical (unpaired) electrons. The molecule has 2 N–H and O–H groups in total. The second-order valence-electron chi connectivity index (χ2n) is 4.43. The lowest BCUT2D eigenvalue weighted by atomic mass is 10.0. The van der Waals surface area contributed by atoms with Crippen molar-refractivity contribution >= 4 is 29.3 Å². The second-order valence-corrected chi connectivity index (χ2v) is 6.06. The Morgan fingerprint density at radius 3 is 2.83 bits per heavy atom. The third kappa shape index (κ3) is 3.56. The highest BCUT2D eigenvalue weighted by atomic mass is 35.5. The van der Waals surface area contributed by atoms with Crippen molar-refractivity contribution in [2.75, 3.05) is 18.1 Å². The normalized spacial score (nSPS) is 16.5. The van der Waals surface area contributed by atoms with Crippen LogP contribution in [0.1, 0.15) is 23.2 Å². The number of thioether (sulfide) groups is 1. The third-order valence-corrected chi connectivity index (χ3v) is 4.45. The molecular formula is C13H16ClNO2S. The van der Waals surface area contributed by atoms with Gasteiger partial charge >= 0.3 is 0 Å². The summed E-state index contributed by atoms with van der Waals surface area (Å²) in [6.45, 7) is 0.720. The Balaban J connectivity index is 1.88. The highest BCUT2D eigenvalue weighted by molar-refractivity contribution is 7.99. The molecule has 0 saturated carbocycles. The first kappa shape index (κ1) is 13.6. The minimum atomic E-state index is -0.130. The zero-order chi connectivity index (χ0) is 13.0. The summed E-state index contributed by atoms with van der Waals surface area (Å²) in [5, 5.41) is 12.4. The topological polar surface area (TPSA) is 49.3 Å². The lowest BCUT2D eigenvalue weighted by Crippen LogP contribution is -2.30. The molecule has 1 aliphatic rings. The molecule has 0 bridgehead atoms. The average molecular weight is 286 g/mol. The summed E-state index contributed by atoms with van der Waals surface area (Å²) in [4.78, 5) is 11.9. The van der Waals surface area contributed by atoms with Crippen LogP contribution in [0, 0.1) is 5.92 Å². The molecule has 5 heteroatoms. The standard InChI is InChI=1S/C13H16ClNO2S/c14-11-7-10(1-2-12(11)16)13(17)15-8-9-3-5-18-6-4-9/h1-2,7,9,16H,3-6,8H2,(H,15,17). The van der Waals surface area contributed by atoms with Gasteiger partial charge in [-0.2, -0.15) is 11.8 Å². The van der Waals surface area contributed by atoms with Gasteiger partial charge < -0.3 is 10.4 Å². The molecule has 0 spiro atoms. The quantitative estimate of drug-likeness (QED) is 0.898. The van der Waals surface area contributed by atoms with Crippen LogP contribution in [0.4, 0.5) is 0 Å². The number of rotatable bonds is 3. The van der Waals surface area contributed by atoms with Gasteiger partial charge in [0.05, 0.1) is 5.02 Å². The van der Waals surface area contributed by atoms with Crippen LogP contribution in [0.2, 0.25) is 5.02 Å². The molecule has 0 aliphatic carbocycles. The average Bonchev–Trinajstić information content (AvgIpc) is 2.40. The van der Waals surface area contributed by atoms with Crippen molar-refractivity contribution in [2.24, 2.45) is 5.92 Å². The van der Waals surface area contributed by atoms with E-state index in [1.165, 1.54) is 36.5 Å². The summed E-state index contributed by atoms with van der Waals surface area (Å²) >= 11 is 7.75. The van der Waals surface area contributed by atoms with Gasteiger partial charge in [-0.3, -0.25) is 4.79 Å². The summed E-state index contributed by atoms with van der Waals surface area (Å²) in [6, 6.07) is 4.50. The number of hydrogen-bond acceptors (Lipinski definition) is 3. The van der Waals surface area contributed by atoms with E-state index in [0.29, 0.717) is 11.5 Å². The molecular weight excluding hydrogens is 270 g/mol. The molecule has 0 aromatic heterocycles. The van der Waals surface area contributed by atoms with Crippen molar-refractivity contribution in [3.63, 3.8) is 0 Å². The number of hydrogen-bond donors (Lipinski definition) is 2. The smallest absolute Gasteiger partial charge is 0.251 e. The maximum absolute atomic E-state index is 11.9. The Hall–Kier alpha value is -0.870. The number of halogens is 1. The Labute approximate surface area is 116 Å². The zero-order valence-electron chi connectivity index (χ0n) is 9.99. The molecule has 1 aliphatic heterocycles. The molecule has 1 heterocycles. The summed E-state index contributed by atoms with van der Waals surface area (Å²) in [6.07, 6.45) is 2.34. The molecule has 1 fully saturated rings. The van der Waals surface area contributed by atoms with E-state index in [2.05, 4.69) is 5.32 Å². The van der Waals surface area contributed by atoms with E-state index in [1.54, 1.807) is 6.07 Å².